The molecule has 31 heavy (non-hydrogen) atoms. The number of Topliss-reactive ketones (excluding diaryl/α,β-unsaturated/α-hetero) is 1. The van der Waals surface area contributed by atoms with Crippen molar-refractivity contribution in [1.29, 1.82) is 0 Å². The zero-order valence-corrected chi connectivity index (χ0v) is 18.0. The standard InChI is InChI=1S/C26H28N2O3/c1-31-26(30)19-10-8-18(9-11-19)16-28-22-7-3-2-6-21(22)24-23(28)13-12-20(25(24)29)17-27-14-4-5-15-27/h2-3,6-11,20H,4-5,12-17H2,1H3. The summed E-state index contributed by atoms with van der Waals surface area (Å²) in [6.45, 7) is 3.83. The van der Waals surface area contributed by atoms with Crippen LogP contribution in [0.5, 0.6) is 0 Å². The van der Waals surface area contributed by atoms with E-state index in [1.807, 2.05) is 24.3 Å². The van der Waals surface area contributed by atoms with E-state index in [1.54, 1.807) is 12.1 Å². The molecule has 2 heterocycles. The molecule has 1 fully saturated rings. The molecule has 5 heteroatoms. The van der Waals surface area contributed by atoms with Crippen LogP contribution >= 0.6 is 0 Å². The van der Waals surface area contributed by atoms with Gasteiger partial charge in [0.2, 0.25) is 0 Å². The molecular formula is C26H28N2O3. The maximum Gasteiger partial charge on any atom is 0.337 e. The summed E-state index contributed by atoms with van der Waals surface area (Å²) in [6, 6.07) is 15.8. The Bertz CT molecular complexity index is 1120. The zero-order valence-electron chi connectivity index (χ0n) is 18.0. The van der Waals surface area contributed by atoms with Crippen molar-refractivity contribution in [2.75, 3.05) is 26.7 Å². The van der Waals surface area contributed by atoms with Gasteiger partial charge in [-0.3, -0.25) is 4.79 Å². The Kier molecular flexibility index (Phi) is 5.36. The van der Waals surface area contributed by atoms with E-state index in [4.69, 9.17) is 4.74 Å². The number of rotatable bonds is 5. The Morgan fingerprint density at radius 1 is 1.06 bits per heavy atom. The number of hydrogen-bond acceptors (Lipinski definition) is 4. The molecular weight excluding hydrogens is 388 g/mol. The Morgan fingerprint density at radius 2 is 1.81 bits per heavy atom. The number of benzene rings is 2. The molecule has 0 radical (unpaired) electrons. The molecule has 0 N–H and O–H groups in total. The van der Waals surface area contributed by atoms with E-state index in [0.717, 1.165) is 60.2 Å². The van der Waals surface area contributed by atoms with Crippen molar-refractivity contribution < 1.29 is 14.3 Å². The molecule has 0 saturated carbocycles. The summed E-state index contributed by atoms with van der Waals surface area (Å²) in [5.41, 5.74) is 4.84. The van der Waals surface area contributed by atoms with Crippen molar-refractivity contribution in [3.63, 3.8) is 0 Å². The lowest BCUT2D eigenvalue weighted by molar-refractivity contribution is 0.0600. The van der Waals surface area contributed by atoms with Gasteiger partial charge in [0.25, 0.3) is 0 Å². The first-order valence-electron chi connectivity index (χ1n) is 11.2. The van der Waals surface area contributed by atoms with E-state index in [2.05, 4.69) is 21.6 Å². The minimum atomic E-state index is -0.329. The average Bonchev–Trinajstić information content (AvgIpc) is 3.42. The van der Waals surface area contributed by atoms with Crippen LogP contribution in [0, 0.1) is 5.92 Å². The summed E-state index contributed by atoms with van der Waals surface area (Å²) < 4.78 is 7.09. The molecule has 1 saturated heterocycles. The van der Waals surface area contributed by atoms with E-state index in [-0.39, 0.29) is 11.9 Å². The number of carbonyl (C=O) groups is 2. The fourth-order valence-corrected chi connectivity index (χ4v) is 5.22. The fraction of sp³-hybridized carbons (Fsp3) is 0.385. The van der Waals surface area contributed by atoms with Gasteiger partial charge >= 0.3 is 5.97 Å². The lowest BCUT2D eigenvalue weighted by atomic mass is 9.84. The predicted molar refractivity (Wildman–Crippen MR) is 121 cm³/mol. The first kappa shape index (κ1) is 20.0. The molecule has 2 aromatic carbocycles. The van der Waals surface area contributed by atoms with Crippen molar-refractivity contribution in [3.8, 4) is 0 Å². The number of methoxy groups -OCH3 is 1. The molecule has 1 unspecified atom stereocenters. The minimum Gasteiger partial charge on any atom is -0.465 e. The zero-order chi connectivity index (χ0) is 21.4. The van der Waals surface area contributed by atoms with Crippen LogP contribution in [0.4, 0.5) is 0 Å². The lowest BCUT2D eigenvalue weighted by Crippen LogP contribution is -2.34. The van der Waals surface area contributed by atoms with E-state index in [0.29, 0.717) is 17.9 Å². The van der Waals surface area contributed by atoms with Gasteiger partial charge in [0.05, 0.1) is 12.7 Å². The molecule has 3 aromatic rings. The number of carbonyl (C=O) groups excluding carboxylic acids is 2. The highest BCUT2D eigenvalue weighted by Crippen LogP contribution is 2.35. The van der Waals surface area contributed by atoms with E-state index in [1.165, 1.54) is 20.0 Å². The van der Waals surface area contributed by atoms with Crippen LogP contribution in [-0.4, -0.2) is 48.0 Å². The topological polar surface area (TPSA) is 51.5 Å². The number of likely N-dealkylation sites (tertiary alicyclic amines) is 1. The summed E-state index contributed by atoms with van der Waals surface area (Å²) in [6.07, 6.45) is 4.34. The smallest absolute Gasteiger partial charge is 0.337 e. The summed E-state index contributed by atoms with van der Waals surface area (Å²) >= 11 is 0. The van der Waals surface area contributed by atoms with Crippen molar-refractivity contribution in [1.82, 2.24) is 9.47 Å². The predicted octanol–water partition coefficient (Wildman–Crippen LogP) is 4.32. The summed E-state index contributed by atoms with van der Waals surface area (Å²) in [5, 5.41) is 1.07. The van der Waals surface area contributed by atoms with Crippen molar-refractivity contribution >= 4 is 22.7 Å². The third-order valence-corrected chi connectivity index (χ3v) is 6.82. The van der Waals surface area contributed by atoms with Gasteiger partial charge in [-0.2, -0.15) is 0 Å². The number of ketones is 1. The quantitative estimate of drug-likeness (QED) is 0.582. The second-order valence-electron chi connectivity index (χ2n) is 8.72. The lowest BCUT2D eigenvalue weighted by Gasteiger charge is -2.27. The van der Waals surface area contributed by atoms with Crippen LogP contribution in [0.25, 0.3) is 10.9 Å². The number of esters is 1. The van der Waals surface area contributed by atoms with Gasteiger partial charge in [0.15, 0.2) is 5.78 Å². The second kappa shape index (κ2) is 8.31. The van der Waals surface area contributed by atoms with Gasteiger partial charge in [0.1, 0.15) is 0 Å². The molecule has 2 aliphatic rings. The first-order chi connectivity index (χ1) is 15.2. The number of ether oxygens (including phenoxy) is 1. The van der Waals surface area contributed by atoms with E-state index in [9.17, 15) is 9.59 Å². The van der Waals surface area contributed by atoms with Crippen LogP contribution in [0.3, 0.4) is 0 Å². The number of hydrogen-bond donors (Lipinski definition) is 0. The van der Waals surface area contributed by atoms with Gasteiger partial charge in [-0.05, 0) is 62.5 Å². The Balaban J connectivity index is 1.48. The first-order valence-corrected chi connectivity index (χ1v) is 11.2. The molecule has 1 atom stereocenters. The summed E-state index contributed by atoms with van der Waals surface area (Å²) in [5.74, 6) is 0.0818. The van der Waals surface area contributed by atoms with Crippen LogP contribution < -0.4 is 0 Å². The fourth-order valence-electron chi connectivity index (χ4n) is 5.22. The largest absolute Gasteiger partial charge is 0.465 e. The van der Waals surface area contributed by atoms with E-state index >= 15 is 0 Å². The normalized spacial score (nSPS) is 19.0. The van der Waals surface area contributed by atoms with Crippen LogP contribution in [0.2, 0.25) is 0 Å². The number of fused-ring (bicyclic) bond motifs is 3. The third-order valence-electron chi connectivity index (χ3n) is 6.82. The van der Waals surface area contributed by atoms with Crippen LogP contribution in [0.1, 0.15) is 51.2 Å². The Labute approximate surface area is 182 Å². The summed E-state index contributed by atoms with van der Waals surface area (Å²) in [4.78, 5) is 27.7. The molecule has 0 amide bonds. The minimum absolute atomic E-state index is 0.101. The van der Waals surface area contributed by atoms with Crippen LogP contribution in [-0.2, 0) is 17.7 Å². The average molecular weight is 417 g/mol. The van der Waals surface area contributed by atoms with Crippen molar-refractivity contribution in [2.24, 2.45) is 5.92 Å². The molecule has 1 aliphatic heterocycles. The molecule has 1 aliphatic carbocycles. The highest BCUT2D eigenvalue weighted by molar-refractivity contribution is 6.11. The molecule has 1 aromatic heterocycles. The van der Waals surface area contributed by atoms with Gasteiger partial charge in [0, 0.05) is 41.2 Å². The molecule has 160 valence electrons. The number of aromatic nitrogens is 1. The molecule has 5 rings (SSSR count). The highest BCUT2D eigenvalue weighted by Gasteiger charge is 2.34. The molecule has 0 bridgehead atoms. The SMILES string of the molecule is COC(=O)c1ccc(Cn2c3c(c4ccccc42)C(=O)C(CN2CCCC2)CC3)cc1. The number of nitrogens with zero attached hydrogens (tertiary/aromatic N) is 2. The third kappa shape index (κ3) is 3.68. The van der Waals surface area contributed by atoms with Crippen molar-refractivity contribution in [2.45, 2.75) is 32.2 Å². The maximum absolute atomic E-state index is 13.5. The summed E-state index contributed by atoms with van der Waals surface area (Å²) in [7, 11) is 1.39. The monoisotopic (exact) mass is 416 g/mol. The van der Waals surface area contributed by atoms with Crippen molar-refractivity contribution in [3.05, 3.63) is 70.9 Å². The second-order valence-corrected chi connectivity index (χ2v) is 8.72. The highest BCUT2D eigenvalue weighted by atomic mass is 16.5. The Hall–Kier alpha value is -2.92. The Morgan fingerprint density at radius 3 is 2.55 bits per heavy atom. The van der Waals surface area contributed by atoms with Gasteiger partial charge < -0.3 is 14.2 Å². The maximum atomic E-state index is 13.5. The van der Waals surface area contributed by atoms with Gasteiger partial charge in [-0.1, -0.05) is 30.3 Å². The number of para-hydroxylation sites is 1. The van der Waals surface area contributed by atoms with Gasteiger partial charge in [-0.25, -0.2) is 4.79 Å². The van der Waals surface area contributed by atoms with Gasteiger partial charge in [-0.15, -0.1) is 0 Å². The molecule has 0 spiro atoms. The van der Waals surface area contributed by atoms with Crippen LogP contribution in [0.15, 0.2) is 48.5 Å². The molecule has 5 nitrogen and oxygen atoms in total. The van der Waals surface area contributed by atoms with E-state index < -0.39 is 0 Å².